The van der Waals surface area contributed by atoms with Gasteiger partial charge in [0.15, 0.2) is 0 Å². The fourth-order valence-corrected chi connectivity index (χ4v) is 3.85. The maximum absolute atomic E-state index is 11.8. The standard InChI is InChI=1S/C21H32O2/c1-6-7-8-9-16(19(22)23)15-10-11-17-18(14-15)21(4,5)13-12-20(17,2)3/h10-11,14,16H,6-9,12-13H2,1-5H3,(H,22,23)/t16-/m0/s1. The largest absolute Gasteiger partial charge is 0.481 e. The molecule has 128 valence electrons. The quantitative estimate of drug-likeness (QED) is 0.675. The smallest absolute Gasteiger partial charge is 0.310 e. The van der Waals surface area contributed by atoms with E-state index in [2.05, 4.69) is 52.8 Å². The van der Waals surface area contributed by atoms with Crippen LogP contribution < -0.4 is 0 Å². The van der Waals surface area contributed by atoms with Crippen LogP contribution in [0.5, 0.6) is 0 Å². The minimum atomic E-state index is -0.686. The average molecular weight is 316 g/mol. The Hall–Kier alpha value is -1.31. The highest BCUT2D eigenvalue weighted by Gasteiger charge is 2.37. The maximum atomic E-state index is 11.8. The summed E-state index contributed by atoms with van der Waals surface area (Å²) in [6, 6.07) is 6.45. The third-order valence-corrected chi connectivity index (χ3v) is 5.67. The van der Waals surface area contributed by atoms with Gasteiger partial charge in [-0.05, 0) is 46.8 Å². The van der Waals surface area contributed by atoms with E-state index in [4.69, 9.17) is 0 Å². The van der Waals surface area contributed by atoms with E-state index < -0.39 is 5.97 Å². The van der Waals surface area contributed by atoms with Crippen molar-refractivity contribution in [3.8, 4) is 0 Å². The van der Waals surface area contributed by atoms with Crippen molar-refractivity contribution in [1.82, 2.24) is 0 Å². The van der Waals surface area contributed by atoms with Crippen LogP contribution in [0.4, 0.5) is 0 Å². The Morgan fingerprint density at radius 2 is 1.70 bits per heavy atom. The van der Waals surface area contributed by atoms with Crippen LogP contribution in [0.3, 0.4) is 0 Å². The number of hydrogen-bond donors (Lipinski definition) is 1. The molecule has 2 nitrogen and oxygen atoms in total. The molecule has 0 saturated carbocycles. The summed E-state index contributed by atoms with van der Waals surface area (Å²) in [4.78, 5) is 11.8. The normalized spacial score (nSPS) is 19.9. The number of hydrogen-bond acceptors (Lipinski definition) is 1. The van der Waals surface area contributed by atoms with Crippen LogP contribution in [0, 0.1) is 0 Å². The van der Waals surface area contributed by atoms with Gasteiger partial charge in [0.1, 0.15) is 0 Å². The number of rotatable bonds is 6. The lowest BCUT2D eigenvalue weighted by Gasteiger charge is -2.42. The van der Waals surface area contributed by atoms with Crippen LogP contribution in [0.2, 0.25) is 0 Å². The van der Waals surface area contributed by atoms with Gasteiger partial charge in [0.2, 0.25) is 0 Å². The summed E-state index contributed by atoms with van der Waals surface area (Å²) in [6.07, 6.45) is 6.30. The average Bonchev–Trinajstić information content (AvgIpc) is 2.48. The van der Waals surface area contributed by atoms with Crippen molar-refractivity contribution in [2.75, 3.05) is 0 Å². The molecule has 0 fully saturated rings. The van der Waals surface area contributed by atoms with E-state index in [1.165, 1.54) is 17.5 Å². The van der Waals surface area contributed by atoms with Crippen LogP contribution in [0.15, 0.2) is 18.2 Å². The molecule has 0 aliphatic heterocycles. The van der Waals surface area contributed by atoms with Gasteiger partial charge in [-0.2, -0.15) is 0 Å². The summed E-state index contributed by atoms with van der Waals surface area (Å²) in [6.45, 7) is 11.3. The Morgan fingerprint density at radius 3 is 2.26 bits per heavy atom. The lowest BCUT2D eigenvalue weighted by atomic mass is 9.62. The van der Waals surface area contributed by atoms with Gasteiger partial charge in [-0.1, -0.05) is 72.1 Å². The van der Waals surface area contributed by atoms with Crippen molar-refractivity contribution in [1.29, 1.82) is 0 Å². The second kappa shape index (κ2) is 6.67. The van der Waals surface area contributed by atoms with Gasteiger partial charge in [-0.15, -0.1) is 0 Å². The number of fused-ring (bicyclic) bond motifs is 1. The van der Waals surface area contributed by atoms with Crippen LogP contribution in [0.25, 0.3) is 0 Å². The molecule has 0 radical (unpaired) electrons. The predicted octanol–water partition coefficient (Wildman–Crippen LogP) is 5.78. The fourth-order valence-electron chi connectivity index (χ4n) is 3.85. The molecule has 23 heavy (non-hydrogen) atoms. The number of benzene rings is 1. The van der Waals surface area contributed by atoms with Crippen LogP contribution in [-0.2, 0) is 15.6 Å². The molecule has 1 N–H and O–H groups in total. The first-order chi connectivity index (χ1) is 10.7. The molecule has 0 unspecified atom stereocenters. The highest BCUT2D eigenvalue weighted by atomic mass is 16.4. The molecule has 1 aliphatic rings. The van der Waals surface area contributed by atoms with Crippen LogP contribution >= 0.6 is 0 Å². The van der Waals surface area contributed by atoms with E-state index in [0.717, 1.165) is 37.7 Å². The monoisotopic (exact) mass is 316 g/mol. The molecule has 1 aromatic carbocycles. The molecule has 0 amide bonds. The van der Waals surface area contributed by atoms with Gasteiger partial charge in [0, 0.05) is 0 Å². The molecule has 0 spiro atoms. The maximum Gasteiger partial charge on any atom is 0.310 e. The summed E-state index contributed by atoms with van der Waals surface area (Å²) < 4.78 is 0. The number of carboxylic acid groups (broad SMARTS) is 1. The Morgan fingerprint density at radius 1 is 1.09 bits per heavy atom. The van der Waals surface area contributed by atoms with Crippen molar-refractivity contribution < 1.29 is 9.90 Å². The van der Waals surface area contributed by atoms with Gasteiger partial charge < -0.3 is 5.11 Å². The first kappa shape index (κ1) is 18.0. The van der Waals surface area contributed by atoms with E-state index in [1.54, 1.807) is 0 Å². The zero-order chi connectivity index (χ0) is 17.3. The van der Waals surface area contributed by atoms with E-state index in [0.29, 0.717) is 0 Å². The van der Waals surface area contributed by atoms with Crippen LogP contribution in [-0.4, -0.2) is 11.1 Å². The summed E-state index contributed by atoms with van der Waals surface area (Å²) in [5.74, 6) is -1.05. The van der Waals surface area contributed by atoms with Crippen molar-refractivity contribution >= 4 is 5.97 Å². The Balaban J connectivity index is 2.39. The molecule has 0 aromatic heterocycles. The van der Waals surface area contributed by atoms with Gasteiger partial charge in [0.25, 0.3) is 0 Å². The highest BCUT2D eigenvalue weighted by molar-refractivity contribution is 5.76. The van der Waals surface area contributed by atoms with Crippen molar-refractivity contribution in [2.24, 2.45) is 0 Å². The summed E-state index contributed by atoms with van der Waals surface area (Å²) in [7, 11) is 0. The molecular formula is C21H32O2. The predicted molar refractivity (Wildman–Crippen MR) is 96.2 cm³/mol. The first-order valence-corrected chi connectivity index (χ1v) is 9.07. The SMILES string of the molecule is CCCCC[C@H](C(=O)O)c1ccc2c(c1)C(C)(C)CCC2(C)C. The minimum Gasteiger partial charge on any atom is -0.481 e. The van der Waals surface area contributed by atoms with Crippen molar-refractivity contribution in [3.05, 3.63) is 34.9 Å². The van der Waals surface area contributed by atoms with Crippen molar-refractivity contribution in [2.45, 2.75) is 89.9 Å². The Kier molecular flexibility index (Phi) is 5.23. The number of carbonyl (C=O) groups is 1. The van der Waals surface area contributed by atoms with E-state index in [1.807, 2.05) is 0 Å². The molecular weight excluding hydrogens is 284 g/mol. The van der Waals surface area contributed by atoms with E-state index >= 15 is 0 Å². The van der Waals surface area contributed by atoms with Gasteiger partial charge >= 0.3 is 5.97 Å². The fraction of sp³-hybridized carbons (Fsp3) is 0.667. The zero-order valence-electron chi connectivity index (χ0n) is 15.4. The van der Waals surface area contributed by atoms with Crippen LogP contribution in [0.1, 0.15) is 95.8 Å². The van der Waals surface area contributed by atoms with Crippen molar-refractivity contribution in [3.63, 3.8) is 0 Å². The number of unbranched alkanes of at least 4 members (excludes halogenated alkanes) is 2. The second-order valence-corrected chi connectivity index (χ2v) is 8.46. The molecule has 0 heterocycles. The third kappa shape index (κ3) is 3.79. The minimum absolute atomic E-state index is 0.132. The first-order valence-electron chi connectivity index (χ1n) is 9.07. The summed E-state index contributed by atoms with van der Waals surface area (Å²) in [5.41, 5.74) is 4.05. The Bertz CT molecular complexity index is 569. The lowest BCUT2D eigenvalue weighted by Crippen LogP contribution is -2.34. The number of aliphatic carboxylic acids is 1. The van der Waals surface area contributed by atoms with E-state index in [-0.39, 0.29) is 16.7 Å². The molecule has 0 bridgehead atoms. The highest BCUT2D eigenvalue weighted by Crippen LogP contribution is 2.46. The molecule has 2 rings (SSSR count). The van der Waals surface area contributed by atoms with E-state index in [9.17, 15) is 9.90 Å². The van der Waals surface area contributed by atoms with Gasteiger partial charge in [-0.25, -0.2) is 0 Å². The molecule has 1 aromatic rings. The third-order valence-electron chi connectivity index (χ3n) is 5.67. The zero-order valence-corrected chi connectivity index (χ0v) is 15.4. The summed E-state index contributed by atoms with van der Waals surface area (Å²) >= 11 is 0. The Labute approximate surface area is 141 Å². The molecule has 1 aliphatic carbocycles. The number of carboxylic acids is 1. The molecule has 0 saturated heterocycles. The summed E-state index contributed by atoms with van der Waals surface area (Å²) in [5, 5.41) is 9.66. The topological polar surface area (TPSA) is 37.3 Å². The molecule has 1 atom stereocenters. The second-order valence-electron chi connectivity index (χ2n) is 8.46. The van der Waals surface area contributed by atoms with Gasteiger partial charge in [-0.3, -0.25) is 4.79 Å². The lowest BCUT2D eigenvalue weighted by molar-refractivity contribution is -0.139. The van der Waals surface area contributed by atoms with Gasteiger partial charge in [0.05, 0.1) is 5.92 Å². The molecule has 2 heteroatoms.